The van der Waals surface area contributed by atoms with Crippen molar-refractivity contribution in [1.29, 1.82) is 0 Å². The Labute approximate surface area is 147 Å². The summed E-state index contributed by atoms with van der Waals surface area (Å²) in [5, 5.41) is 0. The average molecular weight is 319 g/mol. The molecule has 1 atom stereocenters. The van der Waals surface area contributed by atoms with Crippen LogP contribution >= 0.6 is 0 Å². The molecule has 0 amide bonds. The number of hydrogen-bond acceptors (Lipinski definition) is 0. The van der Waals surface area contributed by atoms with E-state index < -0.39 is 0 Å². The quantitative estimate of drug-likeness (QED) is 0.559. The fourth-order valence-corrected chi connectivity index (χ4v) is 3.96. The zero-order valence-electron chi connectivity index (χ0n) is 16.0. The van der Waals surface area contributed by atoms with Crippen molar-refractivity contribution in [2.75, 3.05) is 0 Å². The van der Waals surface area contributed by atoms with Gasteiger partial charge in [0, 0.05) is 0 Å². The second-order valence-electron chi connectivity index (χ2n) is 8.30. The largest absolute Gasteiger partial charge is 0.0648 e. The number of fused-ring (bicyclic) bond motifs is 1. The molecule has 3 rings (SSSR count). The van der Waals surface area contributed by atoms with Crippen LogP contribution in [-0.2, 0) is 6.42 Å². The van der Waals surface area contributed by atoms with E-state index in [4.69, 9.17) is 0 Å². The van der Waals surface area contributed by atoms with Gasteiger partial charge in [-0.05, 0) is 64.5 Å². The SMILES string of the molecule is CCC(C)c1ccc(-c2cccc3c2C(C)=C(C(C)(C)C)C3)cc1. The van der Waals surface area contributed by atoms with Gasteiger partial charge < -0.3 is 0 Å². The standard InChI is InChI=1S/C24H30/c1-7-16(2)18-11-13-19(14-12-18)21-10-8-9-20-15-22(24(4,5)6)17(3)23(20)21/h8-14,16H,7,15H2,1-6H3. The Morgan fingerprint density at radius 1 is 1.00 bits per heavy atom. The van der Waals surface area contributed by atoms with Crippen molar-refractivity contribution in [1.82, 2.24) is 0 Å². The highest BCUT2D eigenvalue weighted by atomic mass is 14.3. The molecule has 0 aromatic heterocycles. The fraction of sp³-hybridized carbons (Fsp3) is 0.417. The molecule has 24 heavy (non-hydrogen) atoms. The van der Waals surface area contributed by atoms with Gasteiger partial charge in [-0.3, -0.25) is 0 Å². The minimum atomic E-state index is 0.237. The summed E-state index contributed by atoms with van der Waals surface area (Å²) >= 11 is 0. The van der Waals surface area contributed by atoms with E-state index in [1.54, 1.807) is 5.57 Å². The van der Waals surface area contributed by atoms with E-state index in [-0.39, 0.29) is 5.41 Å². The van der Waals surface area contributed by atoms with E-state index in [9.17, 15) is 0 Å². The first-order valence-electron chi connectivity index (χ1n) is 9.25. The van der Waals surface area contributed by atoms with E-state index in [0.717, 1.165) is 6.42 Å². The zero-order chi connectivity index (χ0) is 17.5. The molecule has 0 heteroatoms. The second kappa shape index (κ2) is 6.24. The molecule has 1 aliphatic carbocycles. The van der Waals surface area contributed by atoms with E-state index >= 15 is 0 Å². The lowest BCUT2D eigenvalue weighted by Gasteiger charge is -2.22. The topological polar surface area (TPSA) is 0 Å². The molecule has 1 unspecified atom stereocenters. The Hall–Kier alpha value is -1.82. The van der Waals surface area contributed by atoms with Gasteiger partial charge in [-0.25, -0.2) is 0 Å². The molecule has 0 heterocycles. The van der Waals surface area contributed by atoms with Gasteiger partial charge in [-0.2, -0.15) is 0 Å². The smallest absolute Gasteiger partial charge is 0.00496 e. The molecular weight excluding hydrogens is 288 g/mol. The summed E-state index contributed by atoms with van der Waals surface area (Å²) < 4.78 is 0. The van der Waals surface area contributed by atoms with E-state index in [0.29, 0.717) is 5.92 Å². The van der Waals surface area contributed by atoms with Gasteiger partial charge >= 0.3 is 0 Å². The summed E-state index contributed by atoms with van der Waals surface area (Å²) in [6.45, 7) is 13.9. The third-order valence-corrected chi connectivity index (χ3v) is 5.65. The predicted molar refractivity (Wildman–Crippen MR) is 106 cm³/mol. The normalized spacial score (nSPS) is 15.6. The molecule has 0 nitrogen and oxygen atoms in total. The molecule has 0 radical (unpaired) electrons. The Morgan fingerprint density at radius 2 is 1.67 bits per heavy atom. The predicted octanol–water partition coefficient (Wildman–Crippen LogP) is 7.24. The Bertz CT molecular complexity index is 767. The van der Waals surface area contributed by atoms with Crippen molar-refractivity contribution in [3.63, 3.8) is 0 Å². The number of benzene rings is 2. The Kier molecular flexibility index (Phi) is 4.42. The number of allylic oxidation sites excluding steroid dienone is 2. The van der Waals surface area contributed by atoms with Gasteiger partial charge in [0.25, 0.3) is 0 Å². The fourth-order valence-electron chi connectivity index (χ4n) is 3.96. The highest BCUT2D eigenvalue weighted by Crippen LogP contribution is 2.45. The molecule has 1 aliphatic rings. The van der Waals surface area contributed by atoms with Crippen LogP contribution in [0.3, 0.4) is 0 Å². The molecule has 0 N–H and O–H groups in total. The van der Waals surface area contributed by atoms with Gasteiger partial charge in [0.15, 0.2) is 0 Å². The maximum atomic E-state index is 2.33. The Morgan fingerprint density at radius 3 is 2.25 bits per heavy atom. The van der Waals surface area contributed by atoms with Crippen LogP contribution in [0.25, 0.3) is 16.7 Å². The van der Waals surface area contributed by atoms with E-state index in [2.05, 4.69) is 84.0 Å². The van der Waals surface area contributed by atoms with Gasteiger partial charge in [0.2, 0.25) is 0 Å². The van der Waals surface area contributed by atoms with Crippen LogP contribution in [0.4, 0.5) is 0 Å². The molecule has 0 aliphatic heterocycles. The highest BCUT2D eigenvalue weighted by Gasteiger charge is 2.28. The highest BCUT2D eigenvalue weighted by molar-refractivity contribution is 5.87. The molecule has 0 spiro atoms. The minimum Gasteiger partial charge on any atom is -0.0648 e. The van der Waals surface area contributed by atoms with Crippen LogP contribution in [0.2, 0.25) is 0 Å². The summed E-state index contributed by atoms with van der Waals surface area (Å²) in [7, 11) is 0. The maximum absolute atomic E-state index is 2.33. The molecule has 0 saturated carbocycles. The number of hydrogen-bond donors (Lipinski definition) is 0. The molecule has 0 saturated heterocycles. The van der Waals surface area contributed by atoms with Crippen LogP contribution in [0.5, 0.6) is 0 Å². The van der Waals surface area contributed by atoms with Crippen LogP contribution in [0, 0.1) is 5.41 Å². The summed E-state index contributed by atoms with van der Waals surface area (Å²) in [4.78, 5) is 0. The average Bonchev–Trinajstić information content (AvgIpc) is 2.92. The van der Waals surface area contributed by atoms with E-state index in [1.165, 1.54) is 39.8 Å². The lowest BCUT2D eigenvalue weighted by Crippen LogP contribution is -2.09. The lowest BCUT2D eigenvalue weighted by molar-refractivity contribution is 0.496. The van der Waals surface area contributed by atoms with Gasteiger partial charge in [-0.1, -0.05) is 82.7 Å². The van der Waals surface area contributed by atoms with Crippen LogP contribution in [-0.4, -0.2) is 0 Å². The van der Waals surface area contributed by atoms with E-state index in [1.807, 2.05) is 0 Å². The van der Waals surface area contributed by atoms with Crippen molar-refractivity contribution in [2.24, 2.45) is 5.41 Å². The summed E-state index contributed by atoms with van der Waals surface area (Å²) in [6.07, 6.45) is 2.29. The summed E-state index contributed by atoms with van der Waals surface area (Å²) in [5.74, 6) is 0.634. The van der Waals surface area contributed by atoms with Gasteiger partial charge in [0.05, 0.1) is 0 Å². The first-order chi connectivity index (χ1) is 11.3. The van der Waals surface area contributed by atoms with Crippen molar-refractivity contribution >= 4 is 5.57 Å². The second-order valence-corrected chi connectivity index (χ2v) is 8.30. The zero-order valence-corrected chi connectivity index (χ0v) is 16.0. The van der Waals surface area contributed by atoms with Gasteiger partial charge in [-0.15, -0.1) is 0 Å². The molecule has 0 bridgehead atoms. The third-order valence-electron chi connectivity index (χ3n) is 5.65. The van der Waals surface area contributed by atoms with Crippen molar-refractivity contribution < 1.29 is 0 Å². The van der Waals surface area contributed by atoms with Crippen molar-refractivity contribution in [3.05, 3.63) is 64.7 Å². The summed E-state index contributed by atoms with van der Waals surface area (Å²) in [5.41, 5.74) is 10.4. The molecule has 2 aromatic carbocycles. The molecular formula is C24H30. The molecule has 126 valence electrons. The monoisotopic (exact) mass is 318 g/mol. The maximum Gasteiger partial charge on any atom is -0.00496 e. The molecule has 2 aromatic rings. The first-order valence-corrected chi connectivity index (χ1v) is 9.25. The van der Waals surface area contributed by atoms with Crippen molar-refractivity contribution in [2.45, 2.75) is 60.3 Å². The summed E-state index contributed by atoms with van der Waals surface area (Å²) in [6, 6.07) is 16.0. The third kappa shape index (κ3) is 2.95. The Balaban J connectivity index is 2.07. The van der Waals surface area contributed by atoms with Crippen LogP contribution < -0.4 is 0 Å². The lowest BCUT2D eigenvalue weighted by atomic mass is 9.83. The van der Waals surface area contributed by atoms with Gasteiger partial charge in [0.1, 0.15) is 0 Å². The van der Waals surface area contributed by atoms with Crippen molar-refractivity contribution in [3.8, 4) is 11.1 Å². The molecule has 0 fully saturated rings. The van der Waals surface area contributed by atoms with Crippen LogP contribution in [0.1, 0.15) is 70.6 Å². The van der Waals surface area contributed by atoms with Crippen LogP contribution in [0.15, 0.2) is 48.0 Å². The number of rotatable bonds is 3. The first kappa shape index (κ1) is 17.0. The minimum absolute atomic E-state index is 0.237.